The number of carbonyl (C=O) groups excluding carboxylic acids is 1. The predicted octanol–water partition coefficient (Wildman–Crippen LogP) is 6.84. The van der Waals surface area contributed by atoms with Crippen molar-refractivity contribution in [2.24, 2.45) is 0 Å². The minimum absolute atomic E-state index is 0.142. The van der Waals surface area contributed by atoms with Crippen LogP contribution in [0, 0.1) is 6.92 Å². The van der Waals surface area contributed by atoms with Gasteiger partial charge in [-0.25, -0.2) is 9.97 Å². The number of aromatic nitrogens is 2. The van der Waals surface area contributed by atoms with Crippen LogP contribution < -0.4 is 10.6 Å². The molecule has 41 heavy (non-hydrogen) atoms. The number of piperazine rings is 1. The van der Waals surface area contributed by atoms with Gasteiger partial charge in [-0.3, -0.25) is 9.69 Å². The van der Waals surface area contributed by atoms with Crippen molar-refractivity contribution in [1.29, 1.82) is 0 Å². The molecule has 0 radical (unpaired) electrons. The van der Waals surface area contributed by atoms with Crippen molar-refractivity contribution in [3.63, 3.8) is 0 Å². The Morgan fingerprint density at radius 2 is 1.85 bits per heavy atom. The summed E-state index contributed by atoms with van der Waals surface area (Å²) in [7, 11) is 2.16. The molecule has 0 spiro atoms. The summed E-state index contributed by atoms with van der Waals surface area (Å²) in [6, 6.07) is 15.6. The van der Waals surface area contributed by atoms with Crippen LogP contribution in [0.25, 0.3) is 5.57 Å². The second-order valence-corrected chi connectivity index (χ2v) is 10.5. The molecule has 3 aromatic rings. The third-order valence-corrected chi connectivity index (χ3v) is 7.27. The summed E-state index contributed by atoms with van der Waals surface area (Å²) in [5.41, 5.74) is 6.11. The van der Waals surface area contributed by atoms with Gasteiger partial charge in [0.05, 0.1) is 5.69 Å². The van der Waals surface area contributed by atoms with Crippen LogP contribution in [-0.2, 0) is 6.54 Å². The van der Waals surface area contributed by atoms with Gasteiger partial charge in [0.25, 0.3) is 5.91 Å². The fourth-order valence-corrected chi connectivity index (χ4v) is 4.61. The summed E-state index contributed by atoms with van der Waals surface area (Å²) < 4.78 is 0. The van der Waals surface area contributed by atoms with E-state index in [1.165, 1.54) is 18.4 Å². The highest BCUT2D eigenvalue weighted by atomic mass is 16.1. The van der Waals surface area contributed by atoms with Crippen LogP contribution >= 0.6 is 0 Å². The first-order chi connectivity index (χ1) is 19.9. The second kappa shape index (κ2) is 15.1. The number of rotatable bonds is 12. The van der Waals surface area contributed by atoms with E-state index >= 15 is 0 Å². The van der Waals surface area contributed by atoms with Crippen molar-refractivity contribution in [2.75, 3.05) is 43.9 Å². The Labute approximate surface area is 244 Å². The van der Waals surface area contributed by atoms with E-state index in [1.54, 1.807) is 12.3 Å². The average molecular weight is 551 g/mol. The number of hydrogen-bond donors (Lipinski definition) is 2. The van der Waals surface area contributed by atoms with Crippen molar-refractivity contribution in [2.45, 2.75) is 39.7 Å². The molecule has 2 heterocycles. The molecule has 1 fully saturated rings. The first kappa shape index (κ1) is 29.9. The lowest BCUT2D eigenvalue weighted by molar-refractivity contribution is 0.102. The smallest absolute Gasteiger partial charge is 0.255 e. The number of unbranched alkanes of at least 4 members (excludes halogenated alkanes) is 2. The maximum atomic E-state index is 13.0. The van der Waals surface area contributed by atoms with Gasteiger partial charge in [0.15, 0.2) is 0 Å². The van der Waals surface area contributed by atoms with Crippen LogP contribution in [0.1, 0.15) is 53.4 Å². The maximum absolute atomic E-state index is 13.0. The highest BCUT2D eigenvalue weighted by Crippen LogP contribution is 2.24. The molecule has 4 rings (SSSR count). The van der Waals surface area contributed by atoms with E-state index in [0.717, 1.165) is 61.7 Å². The normalized spacial score (nSPS) is 14.8. The topological polar surface area (TPSA) is 73.4 Å². The van der Waals surface area contributed by atoms with E-state index in [0.29, 0.717) is 17.2 Å². The Balaban J connectivity index is 1.39. The lowest BCUT2D eigenvalue weighted by atomic mass is 10.1. The minimum Gasteiger partial charge on any atom is -0.324 e. The van der Waals surface area contributed by atoms with Crippen molar-refractivity contribution < 1.29 is 4.79 Å². The molecule has 7 nitrogen and oxygen atoms in total. The molecule has 1 saturated heterocycles. The molecule has 2 aromatic carbocycles. The first-order valence-electron chi connectivity index (χ1n) is 14.5. The van der Waals surface area contributed by atoms with Crippen LogP contribution in [0.4, 0.5) is 17.3 Å². The number of nitrogens with zero attached hydrogens (tertiary/aromatic N) is 4. The van der Waals surface area contributed by atoms with Gasteiger partial charge in [0, 0.05) is 55.9 Å². The summed E-state index contributed by atoms with van der Waals surface area (Å²) in [6.45, 7) is 13.4. The second-order valence-electron chi connectivity index (χ2n) is 10.5. The lowest BCUT2D eigenvalue weighted by Gasteiger charge is -2.32. The van der Waals surface area contributed by atoms with E-state index < -0.39 is 0 Å². The zero-order valence-corrected chi connectivity index (χ0v) is 24.6. The van der Waals surface area contributed by atoms with Crippen molar-refractivity contribution in [1.82, 2.24) is 19.8 Å². The van der Waals surface area contributed by atoms with Crippen LogP contribution in [0.2, 0.25) is 0 Å². The Kier molecular flexibility index (Phi) is 11.0. The molecular formula is C34H42N6O. The number of likely N-dealkylation sites (N-methyl/N-ethyl adjacent to an activating group) is 1. The Morgan fingerprint density at radius 3 is 2.59 bits per heavy atom. The van der Waals surface area contributed by atoms with E-state index in [2.05, 4.69) is 58.1 Å². The summed E-state index contributed by atoms with van der Waals surface area (Å²) in [5.74, 6) is 0.338. The third-order valence-electron chi connectivity index (χ3n) is 7.27. The lowest BCUT2D eigenvalue weighted by Crippen LogP contribution is -2.43. The van der Waals surface area contributed by atoms with Gasteiger partial charge in [0.1, 0.15) is 0 Å². The van der Waals surface area contributed by atoms with Crippen LogP contribution in [0.15, 0.2) is 85.6 Å². The van der Waals surface area contributed by atoms with Crippen molar-refractivity contribution in [3.8, 4) is 0 Å². The monoisotopic (exact) mass is 550 g/mol. The van der Waals surface area contributed by atoms with Crippen LogP contribution in [0.5, 0.6) is 0 Å². The summed E-state index contributed by atoms with van der Waals surface area (Å²) >= 11 is 0. The van der Waals surface area contributed by atoms with Crippen LogP contribution in [-0.4, -0.2) is 58.9 Å². The van der Waals surface area contributed by atoms with Crippen molar-refractivity contribution >= 4 is 28.8 Å². The highest BCUT2D eigenvalue weighted by Gasteiger charge is 2.14. The fraction of sp³-hybridized carbons (Fsp3) is 0.324. The number of aryl methyl sites for hydroxylation is 1. The number of amides is 1. The van der Waals surface area contributed by atoms with Gasteiger partial charge in [0.2, 0.25) is 5.95 Å². The van der Waals surface area contributed by atoms with E-state index in [4.69, 9.17) is 4.98 Å². The Hall–Kier alpha value is -4.07. The number of allylic oxidation sites excluding steroid dienone is 5. The largest absolute Gasteiger partial charge is 0.324 e. The van der Waals surface area contributed by atoms with E-state index in [-0.39, 0.29) is 5.91 Å². The van der Waals surface area contributed by atoms with Gasteiger partial charge in [-0.2, -0.15) is 0 Å². The molecule has 0 aliphatic carbocycles. The molecule has 1 aromatic heterocycles. The zero-order chi connectivity index (χ0) is 29.0. The van der Waals surface area contributed by atoms with Gasteiger partial charge >= 0.3 is 0 Å². The molecular weight excluding hydrogens is 508 g/mol. The Bertz CT molecular complexity index is 1370. The number of carbonyl (C=O) groups is 1. The molecule has 0 unspecified atom stereocenters. The van der Waals surface area contributed by atoms with Crippen LogP contribution in [0.3, 0.4) is 0 Å². The van der Waals surface area contributed by atoms with Gasteiger partial charge in [-0.1, -0.05) is 68.8 Å². The molecule has 0 bridgehead atoms. The summed E-state index contributed by atoms with van der Waals surface area (Å²) in [5, 5.41) is 6.35. The molecule has 1 amide bonds. The van der Waals surface area contributed by atoms with Gasteiger partial charge in [-0.15, -0.1) is 0 Å². The molecule has 1 aliphatic rings. The molecule has 214 valence electrons. The van der Waals surface area contributed by atoms with Crippen molar-refractivity contribution in [3.05, 3.63) is 108 Å². The molecule has 2 N–H and O–H groups in total. The number of nitrogens with one attached hydrogen (secondary N) is 2. The predicted molar refractivity (Wildman–Crippen MR) is 171 cm³/mol. The Morgan fingerprint density at radius 1 is 1.07 bits per heavy atom. The number of hydrogen-bond acceptors (Lipinski definition) is 6. The SMILES string of the molecule is C=C/C(=C\C=C/CCCC)c1ccnc(Nc2cc(NC(=O)c3ccc(CN4CCN(C)CC4)cc3)ccc2C)n1. The number of anilines is 3. The molecule has 0 saturated carbocycles. The van der Waals surface area contributed by atoms with E-state index in [9.17, 15) is 4.79 Å². The summed E-state index contributed by atoms with van der Waals surface area (Å²) in [6.07, 6.45) is 13.2. The molecule has 1 aliphatic heterocycles. The standard InChI is InChI=1S/C34H42N6O/c1-5-7-8-9-10-11-28(6-2)31-18-19-35-34(37-31)38-32-24-30(17-12-26(32)3)36-33(41)29-15-13-27(14-16-29)25-40-22-20-39(4)21-23-40/h6,9-19,24H,2,5,7-8,20-23,25H2,1,3-4H3,(H,36,41)(H,35,37,38)/b10-9-,28-11+. The summed E-state index contributed by atoms with van der Waals surface area (Å²) in [4.78, 5) is 26.9. The minimum atomic E-state index is -0.142. The molecule has 7 heteroatoms. The van der Waals surface area contributed by atoms with Gasteiger partial charge in [-0.05, 0) is 67.4 Å². The quantitative estimate of drug-likeness (QED) is 0.190. The first-order valence-corrected chi connectivity index (χ1v) is 14.5. The third kappa shape index (κ3) is 8.96. The fourth-order valence-electron chi connectivity index (χ4n) is 4.61. The number of benzene rings is 2. The van der Waals surface area contributed by atoms with Gasteiger partial charge < -0.3 is 15.5 Å². The maximum Gasteiger partial charge on any atom is 0.255 e. The highest BCUT2D eigenvalue weighted by molar-refractivity contribution is 6.04. The average Bonchev–Trinajstić information content (AvgIpc) is 2.98. The molecule has 0 atom stereocenters. The zero-order valence-electron chi connectivity index (χ0n) is 24.6. The van der Waals surface area contributed by atoms with E-state index in [1.807, 2.05) is 61.5 Å².